The molecule has 0 saturated heterocycles. The molecule has 2 aromatic rings. The van der Waals surface area contributed by atoms with Gasteiger partial charge in [0.05, 0.1) is 16.8 Å². The van der Waals surface area contributed by atoms with E-state index in [4.69, 9.17) is 5.73 Å². The number of nitrogen functional groups attached to an aromatic ring is 1. The van der Waals surface area contributed by atoms with Gasteiger partial charge in [-0.2, -0.15) is 0 Å². The number of halogens is 1. The van der Waals surface area contributed by atoms with E-state index in [1.807, 2.05) is 32.0 Å². The number of hydrogen-bond donors (Lipinski definition) is 3. The molecular weight excluding hydrogens is 306 g/mol. The van der Waals surface area contributed by atoms with Gasteiger partial charge in [-0.1, -0.05) is 6.92 Å². The summed E-state index contributed by atoms with van der Waals surface area (Å²) in [5.41, 5.74) is 7.62. The van der Waals surface area contributed by atoms with Crippen LogP contribution in [-0.2, 0) is 0 Å². The summed E-state index contributed by atoms with van der Waals surface area (Å²) in [5.74, 6) is 0. The van der Waals surface area contributed by atoms with Crippen LogP contribution in [0.25, 0.3) is 10.9 Å². The standard InChI is InChI=1S/C14H18BrN3O/c1-3-14(2,19)8-18-12-5-4-11(16)10-6-9(15)7-17-13(10)12/h4-7,18-19H,3,8,16H2,1-2H3. The Morgan fingerprint density at radius 2 is 2.21 bits per heavy atom. The molecular formula is C14H18BrN3O. The van der Waals surface area contributed by atoms with Crippen molar-refractivity contribution in [2.45, 2.75) is 25.9 Å². The fourth-order valence-corrected chi connectivity index (χ4v) is 2.10. The molecule has 4 N–H and O–H groups in total. The zero-order chi connectivity index (χ0) is 14.0. The maximum Gasteiger partial charge on any atom is 0.0954 e. The van der Waals surface area contributed by atoms with Crippen LogP contribution in [0.5, 0.6) is 0 Å². The van der Waals surface area contributed by atoms with E-state index >= 15 is 0 Å². The molecule has 0 amide bonds. The minimum atomic E-state index is -0.733. The zero-order valence-corrected chi connectivity index (χ0v) is 12.7. The Kier molecular flexibility index (Phi) is 3.96. The van der Waals surface area contributed by atoms with Gasteiger partial charge in [0.1, 0.15) is 0 Å². The number of aliphatic hydroxyl groups is 1. The number of nitrogens with zero attached hydrogens (tertiary/aromatic N) is 1. The summed E-state index contributed by atoms with van der Waals surface area (Å²) < 4.78 is 0.893. The third-order valence-electron chi connectivity index (χ3n) is 3.27. The van der Waals surface area contributed by atoms with Crippen molar-refractivity contribution in [3.8, 4) is 0 Å². The van der Waals surface area contributed by atoms with Crippen molar-refractivity contribution in [1.29, 1.82) is 0 Å². The third kappa shape index (κ3) is 3.16. The number of hydrogen-bond acceptors (Lipinski definition) is 4. The predicted octanol–water partition coefficient (Wildman–Crippen LogP) is 3.15. The Bertz CT molecular complexity index is 599. The first-order valence-electron chi connectivity index (χ1n) is 6.23. The summed E-state index contributed by atoms with van der Waals surface area (Å²) in [6.07, 6.45) is 2.43. The van der Waals surface area contributed by atoms with Gasteiger partial charge in [0.15, 0.2) is 0 Å². The lowest BCUT2D eigenvalue weighted by molar-refractivity contribution is 0.0698. The third-order valence-corrected chi connectivity index (χ3v) is 3.71. The van der Waals surface area contributed by atoms with Crippen LogP contribution in [0.4, 0.5) is 11.4 Å². The van der Waals surface area contributed by atoms with Gasteiger partial charge < -0.3 is 16.2 Å². The quantitative estimate of drug-likeness (QED) is 0.756. The Labute approximate surface area is 121 Å². The fraction of sp³-hybridized carbons (Fsp3) is 0.357. The SMILES string of the molecule is CCC(C)(O)CNc1ccc(N)c2cc(Br)cnc12. The number of nitrogens with two attached hydrogens (primary N) is 1. The fourth-order valence-electron chi connectivity index (χ4n) is 1.77. The van der Waals surface area contributed by atoms with Gasteiger partial charge in [0.2, 0.25) is 0 Å². The van der Waals surface area contributed by atoms with Gasteiger partial charge >= 0.3 is 0 Å². The number of anilines is 2. The lowest BCUT2D eigenvalue weighted by Gasteiger charge is -2.22. The van der Waals surface area contributed by atoms with E-state index in [1.54, 1.807) is 6.20 Å². The Balaban J connectivity index is 2.37. The monoisotopic (exact) mass is 323 g/mol. The minimum absolute atomic E-state index is 0.472. The number of nitrogens with one attached hydrogen (secondary N) is 1. The van der Waals surface area contributed by atoms with Crippen LogP contribution in [0, 0.1) is 0 Å². The van der Waals surface area contributed by atoms with E-state index in [1.165, 1.54) is 0 Å². The van der Waals surface area contributed by atoms with Crippen molar-refractivity contribution in [2.75, 3.05) is 17.6 Å². The first kappa shape index (κ1) is 14.1. The molecule has 0 radical (unpaired) electrons. The maximum atomic E-state index is 10.0. The molecule has 1 atom stereocenters. The highest BCUT2D eigenvalue weighted by molar-refractivity contribution is 9.10. The average Bonchev–Trinajstić information content (AvgIpc) is 2.38. The molecule has 4 nitrogen and oxygen atoms in total. The first-order valence-corrected chi connectivity index (χ1v) is 7.02. The molecule has 1 unspecified atom stereocenters. The summed E-state index contributed by atoms with van der Waals surface area (Å²) in [6.45, 7) is 4.24. The predicted molar refractivity (Wildman–Crippen MR) is 83.3 cm³/mol. The van der Waals surface area contributed by atoms with E-state index in [0.29, 0.717) is 18.7 Å². The van der Waals surface area contributed by atoms with Crippen molar-refractivity contribution >= 4 is 38.2 Å². The largest absolute Gasteiger partial charge is 0.398 e. The molecule has 1 heterocycles. The van der Waals surface area contributed by atoms with Crippen molar-refractivity contribution in [2.24, 2.45) is 0 Å². The van der Waals surface area contributed by atoms with E-state index in [9.17, 15) is 5.11 Å². The summed E-state index contributed by atoms with van der Waals surface area (Å²) >= 11 is 3.39. The Hall–Kier alpha value is -1.33. The molecule has 0 saturated carbocycles. The topological polar surface area (TPSA) is 71.2 Å². The van der Waals surface area contributed by atoms with Gasteiger partial charge in [-0.25, -0.2) is 0 Å². The maximum absolute atomic E-state index is 10.0. The van der Waals surface area contributed by atoms with Gasteiger partial charge in [0, 0.05) is 28.3 Å². The lowest BCUT2D eigenvalue weighted by Crippen LogP contribution is -2.32. The highest BCUT2D eigenvalue weighted by atomic mass is 79.9. The van der Waals surface area contributed by atoms with E-state index in [0.717, 1.165) is 21.1 Å². The highest BCUT2D eigenvalue weighted by Crippen LogP contribution is 2.29. The molecule has 1 aromatic carbocycles. The van der Waals surface area contributed by atoms with Crippen LogP contribution in [-0.4, -0.2) is 22.2 Å². The number of aromatic nitrogens is 1. The van der Waals surface area contributed by atoms with Crippen LogP contribution in [0.1, 0.15) is 20.3 Å². The molecule has 0 spiro atoms. The van der Waals surface area contributed by atoms with E-state index in [2.05, 4.69) is 26.2 Å². The normalized spacial score (nSPS) is 14.3. The van der Waals surface area contributed by atoms with Gasteiger partial charge in [-0.3, -0.25) is 4.98 Å². The number of rotatable bonds is 4. The van der Waals surface area contributed by atoms with Gasteiger partial charge in [0.25, 0.3) is 0 Å². The lowest BCUT2D eigenvalue weighted by atomic mass is 10.0. The molecule has 5 heteroatoms. The van der Waals surface area contributed by atoms with Crippen LogP contribution in [0.3, 0.4) is 0 Å². The smallest absolute Gasteiger partial charge is 0.0954 e. The van der Waals surface area contributed by atoms with Crippen LogP contribution in [0.2, 0.25) is 0 Å². The Morgan fingerprint density at radius 1 is 1.47 bits per heavy atom. The average molecular weight is 324 g/mol. The molecule has 2 rings (SSSR count). The highest BCUT2D eigenvalue weighted by Gasteiger charge is 2.17. The first-order chi connectivity index (χ1) is 8.93. The molecule has 1 aromatic heterocycles. The molecule has 0 aliphatic heterocycles. The van der Waals surface area contributed by atoms with Gasteiger partial charge in [-0.15, -0.1) is 0 Å². The molecule has 0 aliphatic rings. The van der Waals surface area contributed by atoms with Crippen molar-refractivity contribution in [3.63, 3.8) is 0 Å². The second-order valence-electron chi connectivity index (χ2n) is 4.96. The summed E-state index contributed by atoms with van der Waals surface area (Å²) in [6, 6.07) is 5.69. The van der Waals surface area contributed by atoms with E-state index in [-0.39, 0.29) is 0 Å². The van der Waals surface area contributed by atoms with Crippen LogP contribution < -0.4 is 11.1 Å². The number of benzene rings is 1. The second kappa shape index (κ2) is 5.35. The molecule has 0 fully saturated rings. The van der Waals surface area contributed by atoms with Crippen molar-refractivity contribution in [1.82, 2.24) is 4.98 Å². The molecule has 0 bridgehead atoms. The second-order valence-corrected chi connectivity index (χ2v) is 5.87. The van der Waals surface area contributed by atoms with E-state index < -0.39 is 5.60 Å². The summed E-state index contributed by atoms with van der Waals surface area (Å²) in [7, 11) is 0. The van der Waals surface area contributed by atoms with Gasteiger partial charge in [-0.05, 0) is 47.5 Å². The minimum Gasteiger partial charge on any atom is -0.398 e. The summed E-state index contributed by atoms with van der Waals surface area (Å²) in [5, 5.41) is 14.2. The van der Waals surface area contributed by atoms with Crippen molar-refractivity contribution in [3.05, 3.63) is 28.9 Å². The summed E-state index contributed by atoms with van der Waals surface area (Å²) in [4.78, 5) is 4.40. The zero-order valence-electron chi connectivity index (χ0n) is 11.1. The van der Waals surface area contributed by atoms with Crippen molar-refractivity contribution < 1.29 is 5.11 Å². The van der Waals surface area contributed by atoms with Crippen LogP contribution >= 0.6 is 15.9 Å². The van der Waals surface area contributed by atoms with Crippen LogP contribution in [0.15, 0.2) is 28.9 Å². The Morgan fingerprint density at radius 3 is 2.89 bits per heavy atom. The molecule has 102 valence electrons. The number of fused-ring (bicyclic) bond motifs is 1. The molecule has 0 aliphatic carbocycles. The molecule has 19 heavy (non-hydrogen) atoms. The number of pyridine rings is 1.